The van der Waals surface area contributed by atoms with Crippen LogP contribution in [0.5, 0.6) is 17.9 Å². The van der Waals surface area contributed by atoms with Gasteiger partial charge in [-0.2, -0.15) is 15.0 Å². The lowest BCUT2D eigenvalue weighted by atomic mass is 10.3. The van der Waals surface area contributed by atoms with E-state index in [1.807, 2.05) is 6.07 Å². The van der Waals surface area contributed by atoms with Crippen LogP contribution in [0.2, 0.25) is 0 Å². The van der Waals surface area contributed by atoms with Gasteiger partial charge >= 0.3 is 18.2 Å². The molecule has 0 aliphatic heterocycles. The zero-order valence-corrected chi connectivity index (χ0v) is 17.1. The molecule has 3 heterocycles. The number of hydrogen-bond acceptors (Lipinski definition) is 10. The van der Waals surface area contributed by atoms with Gasteiger partial charge in [-0.15, -0.1) is 0 Å². The van der Waals surface area contributed by atoms with Crippen molar-refractivity contribution in [1.82, 2.24) is 24.5 Å². The Morgan fingerprint density at radius 2 is 2.03 bits per heavy atom. The fourth-order valence-corrected chi connectivity index (χ4v) is 2.60. The van der Waals surface area contributed by atoms with Crippen molar-refractivity contribution in [3.05, 3.63) is 23.9 Å². The minimum Gasteiger partial charge on any atom is -0.481 e. The summed E-state index contributed by atoms with van der Waals surface area (Å²) in [7, 11) is 1.54. The number of fused-ring (bicyclic) bond motifs is 1. The van der Waals surface area contributed by atoms with E-state index in [1.165, 1.54) is 7.11 Å². The van der Waals surface area contributed by atoms with Gasteiger partial charge in [0.1, 0.15) is 0 Å². The van der Waals surface area contributed by atoms with E-state index in [9.17, 15) is 4.79 Å². The third-order valence-corrected chi connectivity index (χ3v) is 4.08. The molecule has 0 aliphatic carbocycles. The van der Waals surface area contributed by atoms with Crippen molar-refractivity contribution in [2.45, 2.75) is 33.2 Å². The van der Waals surface area contributed by atoms with E-state index in [2.05, 4.69) is 26.9 Å². The molecule has 2 N–H and O–H groups in total. The quantitative estimate of drug-likeness (QED) is 0.409. The van der Waals surface area contributed by atoms with Gasteiger partial charge in [0.25, 0.3) is 0 Å². The summed E-state index contributed by atoms with van der Waals surface area (Å²) in [6.45, 7) is 4.62. The van der Waals surface area contributed by atoms with E-state index in [4.69, 9.17) is 24.7 Å². The van der Waals surface area contributed by atoms with Crippen LogP contribution in [0.3, 0.4) is 0 Å². The molecule has 0 atom stereocenters. The van der Waals surface area contributed by atoms with Crippen molar-refractivity contribution in [3.8, 4) is 17.9 Å². The number of rotatable bonds is 9. The summed E-state index contributed by atoms with van der Waals surface area (Å²) < 4.78 is 22.4. The summed E-state index contributed by atoms with van der Waals surface area (Å²) >= 11 is 0. The normalized spacial score (nSPS) is 10.8. The molecule has 11 heteroatoms. The predicted molar refractivity (Wildman–Crippen MR) is 108 cm³/mol. The van der Waals surface area contributed by atoms with E-state index in [0.717, 1.165) is 18.4 Å². The molecular weight excluding hydrogens is 392 g/mol. The van der Waals surface area contributed by atoms with Gasteiger partial charge in [0.2, 0.25) is 5.88 Å². The largest absolute Gasteiger partial charge is 0.516 e. The van der Waals surface area contributed by atoms with E-state index in [-0.39, 0.29) is 31.0 Å². The van der Waals surface area contributed by atoms with E-state index < -0.39 is 6.16 Å². The number of carbonyl (C=O) groups is 1. The first-order chi connectivity index (χ1) is 14.5. The molecule has 0 aromatic carbocycles. The fraction of sp³-hybridized carbons (Fsp3) is 0.421. The van der Waals surface area contributed by atoms with Crippen molar-refractivity contribution in [2.24, 2.45) is 0 Å². The summed E-state index contributed by atoms with van der Waals surface area (Å²) in [5.74, 6) is 0.599. The average Bonchev–Trinajstić information content (AvgIpc) is 3.06. The SMILES string of the molecule is CCCCOc1nc(N)c2nc(OC(=O)OCC)n(Cc3ccc(OC)nc3)c2n1. The third kappa shape index (κ3) is 4.85. The number of aromatic nitrogens is 5. The maximum atomic E-state index is 11.9. The molecule has 160 valence electrons. The molecule has 0 unspecified atom stereocenters. The number of nitrogens with zero attached hydrogens (tertiary/aromatic N) is 5. The Bertz CT molecular complexity index is 1000. The Hall–Kier alpha value is -3.63. The van der Waals surface area contributed by atoms with Crippen LogP contribution in [0.15, 0.2) is 18.3 Å². The highest BCUT2D eigenvalue weighted by atomic mass is 16.7. The van der Waals surface area contributed by atoms with Gasteiger partial charge in [0.15, 0.2) is 17.0 Å². The number of unbranched alkanes of at least 4 members (excludes halogenated alkanes) is 1. The lowest BCUT2D eigenvalue weighted by molar-refractivity contribution is 0.0995. The molecule has 0 bridgehead atoms. The van der Waals surface area contributed by atoms with Gasteiger partial charge < -0.3 is 24.7 Å². The van der Waals surface area contributed by atoms with Gasteiger partial charge in [0.05, 0.1) is 26.9 Å². The smallest absolute Gasteiger partial charge is 0.481 e. The van der Waals surface area contributed by atoms with Crippen LogP contribution < -0.4 is 19.9 Å². The summed E-state index contributed by atoms with van der Waals surface area (Å²) in [4.78, 5) is 28.9. The van der Waals surface area contributed by atoms with E-state index in [1.54, 1.807) is 23.8 Å². The second-order valence-electron chi connectivity index (χ2n) is 6.24. The lowest BCUT2D eigenvalue weighted by Gasteiger charge is -2.09. The number of pyridine rings is 1. The van der Waals surface area contributed by atoms with Crippen LogP contribution in [0.1, 0.15) is 32.3 Å². The number of anilines is 1. The fourth-order valence-electron chi connectivity index (χ4n) is 2.60. The van der Waals surface area contributed by atoms with Crippen LogP contribution in [0, 0.1) is 0 Å². The summed E-state index contributed by atoms with van der Waals surface area (Å²) in [5.41, 5.74) is 7.51. The van der Waals surface area contributed by atoms with Gasteiger partial charge in [-0.1, -0.05) is 19.4 Å². The van der Waals surface area contributed by atoms with Crippen molar-refractivity contribution >= 4 is 23.1 Å². The Kier molecular flexibility index (Phi) is 6.83. The first-order valence-corrected chi connectivity index (χ1v) is 9.55. The van der Waals surface area contributed by atoms with Crippen molar-refractivity contribution in [1.29, 1.82) is 0 Å². The summed E-state index contributed by atoms with van der Waals surface area (Å²) in [6.07, 6.45) is 2.59. The first-order valence-electron chi connectivity index (χ1n) is 9.55. The molecule has 0 radical (unpaired) electrons. The summed E-state index contributed by atoms with van der Waals surface area (Å²) in [5, 5.41) is 0. The number of imidazole rings is 1. The third-order valence-electron chi connectivity index (χ3n) is 4.08. The van der Waals surface area contributed by atoms with Crippen LogP contribution in [0.25, 0.3) is 11.2 Å². The maximum absolute atomic E-state index is 11.9. The number of ether oxygens (including phenoxy) is 4. The number of methoxy groups -OCH3 is 1. The van der Waals surface area contributed by atoms with Gasteiger partial charge in [-0.3, -0.25) is 4.57 Å². The molecule has 30 heavy (non-hydrogen) atoms. The standard InChI is InChI=1S/C19H24N6O5/c1-4-6-9-29-17-23-15(20)14-16(24-17)25(18(22-14)30-19(26)28-5-2)11-12-7-8-13(27-3)21-10-12/h7-8,10H,4-6,9,11H2,1-3H3,(H2,20,23,24). The minimum absolute atomic E-state index is 0.0222. The van der Waals surface area contributed by atoms with Gasteiger partial charge in [0, 0.05) is 12.3 Å². The van der Waals surface area contributed by atoms with E-state index >= 15 is 0 Å². The molecule has 0 spiro atoms. The molecule has 11 nitrogen and oxygen atoms in total. The van der Waals surface area contributed by atoms with E-state index in [0.29, 0.717) is 23.7 Å². The number of nitrogens with two attached hydrogens (primary N) is 1. The Balaban J connectivity index is 2.01. The first kappa shape index (κ1) is 21.1. The molecule has 0 fully saturated rings. The highest BCUT2D eigenvalue weighted by molar-refractivity contribution is 5.83. The number of hydrogen-bond donors (Lipinski definition) is 1. The summed E-state index contributed by atoms with van der Waals surface area (Å²) in [6, 6.07) is 3.66. The highest BCUT2D eigenvalue weighted by Crippen LogP contribution is 2.27. The minimum atomic E-state index is -0.882. The molecule has 0 saturated carbocycles. The van der Waals surface area contributed by atoms with Crippen LogP contribution in [-0.2, 0) is 11.3 Å². The van der Waals surface area contributed by atoms with Gasteiger partial charge in [-0.25, -0.2) is 9.78 Å². The molecule has 3 rings (SSSR count). The van der Waals surface area contributed by atoms with Crippen molar-refractivity contribution < 1.29 is 23.7 Å². The van der Waals surface area contributed by atoms with Crippen LogP contribution >= 0.6 is 0 Å². The zero-order chi connectivity index (χ0) is 21.5. The number of carbonyl (C=O) groups excluding carboxylic acids is 1. The molecule has 3 aromatic rings. The van der Waals surface area contributed by atoms with Crippen LogP contribution in [0.4, 0.5) is 10.6 Å². The second-order valence-corrected chi connectivity index (χ2v) is 6.24. The molecule has 0 aliphatic rings. The molecular formula is C19H24N6O5. The van der Waals surface area contributed by atoms with Gasteiger partial charge in [-0.05, 0) is 18.9 Å². The van der Waals surface area contributed by atoms with Crippen LogP contribution in [-0.4, -0.2) is 51.0 Å². The van der Waals surface area contributed by atoms with Crippen molar-refractivity contribution in [2.75, 3.05) is 26.1 Å². The molecule has 0 amide bonds. The Morgan fingerprint density at radius 3 is 2.70 bits per heavy atom. The monoisotopic (exact) mass is 416 g/mol. The van der Waals surface area contributed by atoms with Crippen molar-refractivity contribution in [3.63, 3.8) is 0 Å². The Labute approximate surface area is 173 Å². The molecule has 3 aromatic heterocycles. The topological polar surface area (TPSA) is 136 Å². The highest BCUT2D eigenvalue weighted by Gasteiger charge is 2.21. The maximum Gasteiger partial charge on any atom is 0.516 e. The second kappa shape index (κ2) is 9.72. The lowest BCUT2D eigenvalue weighted by Crippen LogP contribution is -2.14. The molecule has 0 saturated heterocycles. The number of nitrogen functional groups attached to an aromatic ring is 1. The predicted octanol–water partition coefficient (Wildman–Crippen LogP) is 2.57. The average molecular weight is 416 g/mol. The zero-order valence-electron chi connectivity index (χ0n) is 17.1. The Morgan fingerprint density at radius 1 is 1.20 bits per heavy atom.